The molecule has 19 heavy (non-hydrogen) atoms. The van der Waals surface area contributed by atoms with Crippen molar-refractivity contribution in [2.45, 2.75) is 19.4 Å². The molecule has 0 saturated carbocycles. The second-order valence-corrected chi connectivity index (χ2v) is 4.81. The molecule has 1 saturated heterocycles. The van der Waals surface area contributed by atoms with Crippen molar-refractivity contribution in [1.29, 1.82) is 0 Å². The smallest absolute Gasteiger partial charge is 0.151 e. The number of anilines is 2. The molecule has 1 aliphatic heterocycles. The Hall–Kier alpha value is -2.11. The normalized spacial score (nSPS) is 14.9. The van der Waals surface area contributed by atoms with Gasteiger partial charge >= 0.3 is 0 Å². The van der Waals surface area contributed by atoms with Gasteiger partial charge < -0.3 is 10.2 Å². The van der Waals surface area contributed by atoms with Gasteiger partial charge in [0, 0.05) is 32.5 Å². The van der Waals surface area contributed by atoms with E-state index in [2.05, 4.69) is 31.6 Å². The van der Waals surface area contributed by atoms with E-state index in [1.165, 1.54) is 12.8 Å². The second-order valence-electron chi connectivity index (χ2n) is 4.81. The fraction of sp³-hybridized carbons (Fsp3) is 0.462. The van der Waals surface area contributed by atoms with Gasteiger partial charge in [-0.3, -0.25) is 4.68 Å². The number of pyridine rings is 1. The molecular formula is C13H18N6. The van der Waals surface area contributed by atoms with Crippen LogP contribution in [0, 0.1) is 0 Å². The molecule has 0 aromatic carbocycles. The van der Waals surface area contributed by atoms with Crippen LogP contribution in [0.3, 0.4) is 0 Å². The summed E-state index contributed by atoms with van der Waals surface area (Å²) >= 11 is 0. The van der Waals surface area contributed by atoms with Crippen LogP contribution in [0.15, 0.2) is 24.5 Å². The van der Waals surface area contributed by atoms with Crippen LogP contribution in [-0.2, 0) is 13.6 Å². The van der Waals surface area contributed by atoms with E-state index < -0.39 is 0 Å². The van der Waals surface area contributed by atoms with Crippen LogP contribution in [0.2, 0.25) is 0 Å². The standard InChI is InChI=1S/C13H18N6/c1-18-10-11(16-17-18)9-15-12-5-4-6-14-13(12)19-7-2-3-8-19/h4-6,10,15H,2-3,7-9H2,1H3. The monoisotopic (exact) mass is 258 g/mol. The minimum atomic E-state index is 0.667. The first-order valence-electron chi connectivity index (χ1n) is 6.62. The molecule has 2 aromatic heterocycles. The molecular weight excluding hydrogens is 240 g/mol. The first-order valence-corrected chi connectivity index (χ1v) is 6.62. The van der Waals surface area contributed by atoms with Crippen molar-refractivity contribution in [2.24, 2.45) is 7.05 Å². The molecule has 3 rings (SSSR count). The van der Waals surface area contributed by atoms with Gasteiger partial charge in [0.15, 0.2) is 5.82 Å². The fourth-order valence-corrected chi connectivity index (χ4v) is 2.38. The number of aryl methyl sites for hydroxylation is 1. The zero-order valence-corrected chi connectivity index (χ0v) is 11.1. The molecule has 1 aliphatic rings. The molecule has 0 aliphatic carbocycles. The Morgan fingerprint density at radius 3 is 2.89 bits per heavy atom. The summed E-state index contributed by atoms with van der Waals surface area (Å²) in [6.45, 7) is 2.86. The van der Waals surface area contributed by atoms with Gasteiger partial charge in [0.2, 0.25) is 0 Å². The zero-order valence-electron chi connectivity index (χ0n) is 11.1. The van der Waals surface area contributed by atoms with Crippen LogP contribution in [-0.4, -0.2) is 33.1 Å². The van der Waals surface area contributed by atoms with E-state index in [4.69, 9.17) is 0 Å². The minimum Gasteiger partial charge on any atom is -0.376 e. The summed E-state index contributed by atoms with van der Waals surface area (Å²) in [4.78, 5) is 6.83. The van der Waals surface area contributed by atoms with E-state index >= 15 is 0 Å². The lowest BCUT2D eigenvalue weighted by molar-refractivity contribution is 0.713. The second kappa shape index (κ2) is 5.26. The van der Waals surface area contributed by atoms with Gasteiger partial charge in [-0.15, -0.1) is 5.10 Å². The molecule has 2 aromatic rings. The van der Waals surface area contributed by atoms with Crippen molar-refractivity contribution in [1.82, 2.24) is 20.0 Å². The molecule has 0 radical (unpaired) electrons. The van der Waals surface area contributed by atoms with Crippen molar-refractivity contribution >= 4 is 11.5 Å². The summed E-state index contributed by atoms with van der Waals surface area (Å²) in [5, 5.41) is 11.4. The predicted molar refractivity (Wildman–Crippen MR) is 74.0 cm³/mol. The topological polar surface area (TPSA) is 58.9 Å². The first kappa shape index (κ1) is 12.0. The van der Waals surface area contributed by atoms with Gasteiger partial charge in [0.25, 0.3) is 0 Å². The average Bonchev–Trinajstić information content (AvgIpc) is 3.08. The van der Waals surface area contributed by atoms with E-state index in [1.54, 1.807) is 4.68 Å². The molecule has 0 bridgehead atoms. The Labute approximate surface area is 112 Å². The molecule has 1 N–H and O–H groups in total. The van der Waals surface area contributed by atoms with E-state index in [1.807, 2.05) is 25.5 Å². The highest BCUT2D eigenvalue weighted by Gasteiger charge is 2.16. The molecule has 6 heteroatoms. The SMILES string of the molecule is Cn1cc(CNc2cccnc2N2CCCC2)nn1. The minimum absolute atomic E-state index is 0.667. The summed E-state index contributed by atoms with van der Waals surface area (Å²) in [6, 6.07) is 4.02. The van der Waals surface area contributed by atoms with Gasteiger partial charge in [-0.1, -0.05) is 5.21 Å². The maximum absolute atomic E-state index is 4.50. The lowest BCUT2D eigenvalue weighted by Gasteiger charge is -2.20. The van der Waals surface area contributed by atoms with E-state index in [-0.39, 0.29) is 0 Å². The Bertz CT molecular complexity index is 544. The molecule has 0 spiro atoms. The highest BCUT2D eigenvalue weighted by molar-refractivity contribution is 5.65. The third kappa shape index (κ3) is 2.67. The maximum atomic E-state index is 4.50. The molecule has 0 unspecified atom stereocenters. The third-order valence-electron chi connectivity index (χ3n) is 3.30. The Morgan fingerprint density at radius 1 is 1.32 bits per heavy atom. The number of rotatable bonds is 4. The third-order valence-corrected chi connectivity index (χ3v) is 3.30. The molecule has 6 nitrogen and oxygen atoms in total. The number of hydrogen-bond acceptors (Lipinski definition) is 5. The number of nitrogens with one attached hydrogen (secondary N) is 1. The highest BCUT2D eigenvalue weighted by Crippen LogP contribution is 2.26. The van der Waals surface area contributed by atoms with Crippen LogP contribution in [0.1, 0.15) is 18.5 Å². The van der Waals surface area contributed by atoms with Crippen molar-refractivity contribution in [3.8, 4) is 0 Å². The van der Waals surface area contributed by atoms with Crippen LogP contribution < -0.4 is 10.2 Å². The van der Waals surface area contributed by atoms with Gasteiger partial charge in [-0.25, -0.2) is 4.98 Å². The Morgan fingerprint density at radius 2 is 2.16 bits per heavy atom. The fourth-order valence-electron chi connectivity index (χ4n) is 2.38. The van der Waals surface area contributed by atoms with E-state index in [9.17, 15) is 0 Å². The van der Waals surface area contributed by atoms with E-state index in [0.29, 0.717) is 6.54 Å². The lowest BCUT2D eigenvalue weighted by atomic mass is 10.3. The van der Waals surface area contributed by atoms with Crippen LogP contribution >= 0.6 is 0 Å². The van der Waals surface area contributed by atoms with Crippen LogP contribution in [0.25, 0.3) is 0 Å². The summed E-state index contributed by atoms with van der Waals surface area (Å²) in [6.07, 6.45) is 6.26. The van der Waals surface area contributed by atoms with Gasteiger partial charge in [-0.2, -0.15) is 0 Å². The Balaban J connectivity index is 1.73. The maximum Gasteiger partial charge on any atom is 0.151 e. The zero-order chi connectivity index (χ0) is 13.1. The number of nitrogens with zero attached hydrogens (tertiary/aromatic N) is 5. The summed E-state index contributed by atoms with van der Waals surface area (Å²) in [5.41, 5.74) is 1.99. The quantitative estimate of drug-likeness (QED) is 0.899. The predicted octanol–water partition coefficient (Wildman–Crippen LogP) is 1.42. The summed E-state index contributed by atoms with van der Waals surface area (Å²) < 4.78 is 1.71. The molecule has 0 amide bonds. The number of hydrogen-bond donors (Lipinski definition) is 1. The van der Waals surface area contributed by atoms with Crippen molar-refractivity contribution < 1.29 is 0 Å². The van der Waals surface area contributed by atoms with Gasteiger partial charge in [0.05, 0.1) is 12.2 Å². The van der Waals surface area contributed by atoms with Gasteiger partial charge in [0.1, 0.15) is 5.69 Å². The lowest BCUT2D eigenvalue weighted by Crippen LogP contribution is -2.20. The molecule has 1 fully saturated rings. The molecule has 0 atom stereocenters. The summed E-state index contributed by atoms with van der Waals surface area (Å²) in [5.74, 6) is 1.05. The average molecular weight is 258 g/mol. The van der Waals surface area contributed by atoms with E-state index in [0.717, 1.165) is 30.3 Å². The van der Waals surface area contributed by atoms with Crippen molar-refractivity contribution in [3.63, 3.8) is 0 Å². The van der Waals surface area contributed by atoms with Crippen LogP contribution in [0.4, 0.5) is 11.5 Å². The first-order chi connectivity index (χ1) is 9.33. The van der Waals surface area contributed by atoms with Crippen LogP contribution in [0.5, 0.6) is 0 Å². The Kier molecular flexibility index (Phi) is 3.31. The van der Waals surface area contributed by atoms with Gasteiger partial charge in [-0.05, 0) is 25.0 Å². The van der Waals surface area contributed by atoms with Crippen molar-refractivity contribution in [2.75, 3.05) is 23.3 Å². The molecule has 100 valence electrons. The molecule has 3 heterocycles. The largest absolute Gasteiger partial charge is 0.376 e. The van der Waals surface area contributed by atoms with Crippen molar-refractivity contribution in [3.05, 3.63) is 30.2 Å². The summed E-state index contributed by atoms with van der Waals surface area (Å²) in [7, 11) is 1.87. The number of aromatic nitrogens is 4. The highest BCUT2D eigenvalue weighted by atomic mass is 15.4.